The van der Waals surface area contributed by atoms with Gasteiger partial charge in [0.1, 0.15) is 5.76 Å². The molecule has 0 amide bonds. The molecule has 22 heavy (non-hydrogen) atoms. The van der Waals surface area contributed by atoms with Crippen molar-refractivity contribution in [2.24, 2.45) is 0 Å². The van der Waals surface area contributed by atoms with Gasteiger partial charge in [-0.3, -0.25) is 0 Å². The molecule has 4 nitrogen and oxygen atoms in total. The molecule has 0 aliphatic carbocycles. The zero-order valence-corrected chi connectivity index (χ0v) is 12.8. The van der Waals surface area contributed by atoms with E-state index >= 15 is 0 Å². The van der Waals surface area contributed by atoms with Crippen molar-refractivity contribution in [2.45, 2.75) is 26.3 Å². The van der Waals surface area contributed by atoms with Crippen LogP contribution in [-0.4, -0.2) is 16.3 Å². The number of aromatic nitrogens is 2. The summed E-state index contributed by atoms with van der Waals surface area (Å²) in [4.78, 5) is 0. The Balaban J connectivity index is 1.47. The first-order valence-corrected chi connectivity index (χ1v) is 7.65. The number of hydrogen-bond donors (Lipinski definition) is 1. The fourth-order valence-electron chi connectivity index (χ4n) is 2.48. The molecule has 0 fully saturated rings. The van der Waals surface area contributed by atoms with Gasteiger partial charge >= 0.3 is 0 Å². The second-order valence-corrected chi connectivity index (χ2v) is 5.44. The van der Waals surface area contributed by atoms with Gasteiger partial charge in [-0.05, 0) is 43.7 Å². The van der Waals surface area contributed by atoms with Crippen LogP contribution >= 0.6 is 0 Å². The maximum absolute atomic E-state index is 5.32. The fraction of sp³-hybridized carbons (Fsp3) is 0.278. The predicted molar refractivity (Wildman–Crippen MR) is 87.0 cm³/mol. The highest BCUT2D eigenvalue weighted by Crippen LogP contribution is 2.13. The number of aryl methyl sites for hydroxylation is 2. The Morgan fingerprint density at radius 3 is 2.91 bits per heavy atom. The van der Waals surface area contributed by atoms with Crippen molar-refractivity contribution in [3.8, 4) is 5.69 Å². The van der Waals surface area contributed by atoms with Gasteiger partial charge in [0.2, 0.25) is 0 Å². The molecule has 0 unspecified atom stereocenters. The second-order valence-electron chi connectivity index (χ2n) is 5.44. The summed E-state index contributed by atoms with van der Waals surface area (Å²) in [6, 6.07) is 12.2. The molecule has 2 aromatic heterocycles. The van der Waals surface area contributed by atoms with Crippen LogP contribution < -0.4 is 5.32 Å². The molecule has 4 heteroatoms. The van der Waals surface area contributed by atoms with Gasteiger partial charge in [-0.25, -0.2) is 4.68 Å². The molecule has 2 heterocycles. The van der Waals surface area contributed by atoms with Gasteiger partial charge in [0.25, 0.3) is 0 Å². The Morgan fingerprint density at radius 2 is 2.09 bits per heavy atom. The SMILES string of the molecule is Cc1ccccc1-n1cc(CNCCCc2ccco2)cn1. The Morgan fingerprint density at radius 1 is 1.18 bits per heavy atom. The first kappa shape index (κ1) is 14.6. The lowest BCUT2D eigenvalue weighted by Crippen LogP contribution is -2.14. The highest BCUT2D eigenvalue weighted by Gasteiger charge is 2.03. The lowest BCUT2D eigenvalue weighted by molar-refractivity contribution is 0.496. The van der Waals surface area contributed by atoms with Crippen LogP contribution in [0, 0.1) is 6.92 Å². The van der Waals surface area contributed by atoms with Crippen molar-refractivity contribution in [1.29, 1.82) is 0 Å². The van der Waals surface area contributed by atoms with E-state index in [2.05, 4.69) is 35.7 Å². The molecule has 114 valence electrons. The summed E-state index contributed by atoms with van der Waals surface area (Å²) in [5, 5.41) is 7.90. The Kier molecular flexibility index (Phi) is 4.71. The van der Waals surface area contributed by atoms with Crippen molar-refractivity contribution < 1.29 is 4.42 Å². The quantitative estimate of drug-likeness (QED) is 0.678. The average molecular weight is 295 g/mol. The molecule has 1 N–H and O–H groups in total. The minimum atomic E-state index is 0.837. The van der Waals surface area contributed by atoms with E-state index in [1.54, 1.807) is 6.26 Å². The number of nitrogens with zero attached hydrogens (tertiary/aromatic N) is 2. The van der Waals surface area contributed by atoms with Crippen LogP contribution in [-0.2, 0) is 13.0 Å². The summed E-state index contributed by atoms with van der Waals surface area (Å²) in [7, 11) is 0. The van der Waals surface area contributed by atoms with Crippen LogP contribution in [0.15, 0.2) is 59.5 Å². The molecule has 0 spiro atoms. The third-order valence-electron chi connectivity index (χ3n) is 3.68. The van der Waals surface area contributed by atoms with E-state index in [0.717, 1.165) is 37.4 Å². The first-order valence-electron chi connectivity index (χ1n) is 7.65. The Hall–Kier alpha value is -2.33. The van der Waals surface area contributed by atoms with Gasteiger partial charge in [-0.15, -0.1) is 0 Å². The van der Waals surface area contributed by atoms with E-state index in [9.17, 15) is 0 Å². The highest BCUT2D eigenvalue weighted by molar-refractivity contribution is 5.39. The van der Waals surface area contributed by atoms with Crippen molar-refractivity contribution >= 4 is 0 Å². The molecule has 3 aromatic rings. The summed E-state index contributed by atoms with van der Waals surface area (Å²) < 4.78 is 7.26. The molecule has 0 atom stereocenters. The fourth-order valence-corrected chi connectivity index (χ4v) is 2.48. The zero-order valence-electron chi connectivity index (χ0n) is 12.8. The largest absolute Gasteiger partial charge is 0.469 e. The standard InChI is InChI=1S/C18H21N3O/c1-15-6-2-3-9-18(15)21-14-16(13-20-21)12-19-10-4-7-17-8-5-11-22-17/h2-3,5-6,8-9,11,13-14,19H,4,7,10,12H2,1H3. The highest BCUT2D eigenvalue weighted by atomic mass is 16.3. The molecule has 0 saturated heterocycles. The molecular formula is C18H21N3O. The molecule has 1 aromatic carbocycles. The second kappa shape index (κ2) is 7.09. The summed E-state index contributed by atoms with van der Waals surface area (Å²) in [5.41, 5.74) is 3.55. The Bertz CT molecular complexity index is 701. The van der Waals surface area contributed by atoms with Gasteiger partial charge in [-0.2, -0.15) is 5.10 Å². The van der Waals surface area contributed by atoms with Gasteiger partial charge < -0.3 is 9.73 Å². The number of hydrogen-bond acceptors (Lipinski definition) is 3. The molecule has 3 rings (SSSR count). The number of rotatable bonds is 7. The van der Waals surface area contributed by atoms with Crippen molar-refractivity contribution in [2.75, 3.05) is 6.54 Å². The summed E-state index contributed by atoms with van der Waals surface area (Å²) in [6.07, 6.45) is 7.78. The van der Waals surface area contributed by atoms with E-state index < -0.39 is 0 Å². The molecular weight excluding hydrogens is 274 g/mol. The van der Waals surface area contributed by atoms with Crippen LogP contribution in [0.4, 0.5) is 0 Å². The molecule has 0 aliphatic heterocycles. The van der Waals surface area contributed by atoms with Crippen LogP contribution in [0.1, 0.15) is 23.3 Å². The third kappa shape index (κ3) is 3.65. The topological polar surface area (TPSA) is 43.0 Å². The lowest BCUT2D eigenvalue weighted by atomic mass is 10.2. The number of nitrogens with one attached hydrogen (secondary N) is 1. The van der Waals surface area contributed by atoms with Crippen LogP contribution in [0.2, 0.25) is 0 Å². The number of furan rings is 1. The average Bonchev–Trinajstić information content (AvgIpc) is 3.19. The summed E-state index contributed by atoms with van der Waals surface area (Å²) in [6.45, 7) is 3.91. The normalized spacial score (nSPS) is 11.0. The predicted octanol–water partition coefficient (Wildman–Crippen LogP) is 3.50. The van der Waals surface area contributed by atoms with Crippen LogP contribution in [0.5, 0.6) is 0 Å². The van der Waals surface area contributed by atoms with E-state index in [1.807, 2.05) is 35.1 Å². The molecule has 0 saturated carbocycles. The smallest absolute Gasteiger partial charge is 0.103 e. The van der Waals surface area contributed by atoms with E-state index in [-0.39, 0.29) is 0 Å². The van der Waals surface area contributed by atoms with E-state index in [0.29, 0.717) is 0 Å². The maximum atomic E-state index is 5.32. The summed E-state index contributed by atoms with van der Waals surface area (Å²) in [5.74, 6) is 1.05. The molecule has 0 radical (unpaired) electrons. The van der Waals surface area contributed by atoms with E-state index in [1.165, 1.54) is 11.1 Å². The minimum Gasteiger partial charge on any atom is -0.469 e. The van der Waals surface area contributed by atoms with Gasteiger partial charge in [-0.1, -0.05) is 18.2 Å². The number of benzene rings is 1. The Labute approximate surface area is 130 Å². The van der Waals surface area contributed by atoms with Crippen LogP contribution in [0.3, 0.4) is 0 Å². The van der Waals surface area contributed by atoms with Gasteiger partial charge in [0, 0.05) is 24.7 Å². The third-order valence-corrected chi connectivity index (χ3v) is 3.68. The zero-order chi connectivity index (χ0) is 15.2. The molecule has 0 aliphatic rings. The first-order chi connectivity index (χ1) is 10.8. The van der Waals surface area contributed by atoms with Crippen molar-refractivity contribution in [3.63, 3.8) is 0 Å². The lowest BCUT2D eigenvalue weighted by Gasteiger charge is -2.04. The van der Waals surface area contributed by atoms with Gasteiger partial charge in [0.05, 0.1) is 18.1 Å². The molecule has 0 bridgehead atoms. The minimum absolute atomic E-state index is 0.837. The monoisotopic (exact) mass is 295 g/mol. The summed E-state index contributed by atoms with van der Waals surface area (Å²) >= 11 is 0. The maximum Gasteiger partial charge on any atom is 0.103 e. The van der Waals surface area contributed by atoms with Crippen LogP contribution in [0.25, 0.3) is 5.69 Å². The van der Waals surface area contributed by atoms with E-state index in [4.69, 9.17) is 4.42 Å². The van der Waals surface area contributed by atoms with Gasteiger partial charge in [0.15, 0.2) is 0 Å². The van der Waals surface area contributed by atoms with Crippen molar-refractivity contribution in [3.05, 3.63) is 71.9 Å². The number of para-hydroxylation sites is 1. The van der Waals surface area contributed by atoms with Crippen molar-refractivity contribution in [1.82, 2.24) is 15.1 Å².